The molecule has 6 rings (SSSR count). The van der Waals surface area contributed by atoms with Gasteiger partial charge < -0.3 is 14.9 Å². The van der Waals surface area contributed by atoms with E-state index >= 15 is 0 Å². The van der Waals surface area contributed by atoms with Gasteiger partial charge in [0.2, 0.25) is 0 Å². The van der Waals surface area contributed by atoms with Crippen LogP contribution in [0.4, 0.5) is 4.79 Å². The summed E-state index contributed by atoms with van der Waals surface area (Å²) in [4.78, 5) is 54.7. The number of amides is 3. The molecule has 1 heterocycles. The predicted octanol–water partition coefficient (Wildman–Crippen LogP) is 6.46. The van der Waals surface area contributed by atoms with Crippen LogP contribution in [0.25, 0.3) is 0 Å². The number of imide groups is 1. The molecule has 6 aliphatic rings. The molecule has 0 bridgehead atoms. The second kappa shape index (κ2) is 10.4. The van der Waals surface area contributed by atoms with Crippen molar-refractivity contribution in [3.05, 3.63) is 11.6 Å². The number of oxime groups is 1. The lowest BCUT2D eigenvalue weighted by molar-refractivity contribution is -0.181. The molecule has 5 aliphatic carbocycles. The highest BCUT2D eigenvalue weighted by atomic mass is 16.7. The number of esters is 1. The number of rotatable bonds is 4. The molecule has 0 radical (unpaired) electrons. The van der Waals surface area contributed by atoms with Gasteiger partial charge in [0.25, 0.3) is 5.91 Å². The van der Waals surface area contributed by atoms with Crippen molar-refractivity contribution in [2.75, 3.05) is 7.11 Å². The Balaban J connectivity index is 1.26. The zero-order valence-corrected chi connectivity index (χ0v) is 28.6. The van der Waals surface area contributed by atoms with Crippen molar-refractivity contribution in [2.24, 2.45) is 55.4 Å². The SMILES string of the molecule is COC(=O)[C@]12CCC(C)(C)C[C@@H]1C1=CC[C@@H]3[C@@]4(C)CC/C(=N/OC(=O)C[C@H]5NC(=O)NC5=O)C(C)(C)[C@H]4CC[C@@]3(C)[C@]1(C)CC2. The number of allylic oxidation sites excluding steroid dienone is 2. The number of ether oxygens (including phenoxy) is 1. The standard InChI is InChI=1S/C36H53N3O6/c1-31(2)15-17-36(29(42)44-8)18-16-34(6)21(22(36)20-31)9-10-25-33(5)13-12-26(32(3,4)24(33)11-14-35(25,34)7)39-45-27(40)19-23-28(41)38-30(43)37-23/h9,22-25H,10-20H2,1-8H3,(H2,37,38,41,43)/b39-26-/t22-,23-,24-,25-,33+,34-,35-,36+/m1/s1. The largest absolute Gasteiger partial charge is 0.469 e. The average Bonchev–Trinajstić information content (AvgIpc) is 3.27. The van der Waals surface area contributed by atoms with E-state index in [2.05, 4.69) is 70.3 Å². The predicted molar refractivity (Wildman–Crippen MR) is 170 cm³/mol. The number of nitrogens with one attached hydrogen (secondary N) is 2. The van der Waals surface area contributed by atoms with Crippen molar-refractivity contribution in [1.29, 1.82) is 0 Å². The fourth-order valence-corrected chi connectivity index (χ4v) is 11.7. The second-order valence-corrected chi connectivity index (χ2v) is 17.3. The van der Waals surface area contributed by atoms with Crippen LogP contribution in [0.3, 0.4) is 0 Å². The third kappa shape index (κ3) is 4.63. The van der Waals surface area contributed by atoms with Crippen LogP contribution < -0.4 is 10.6 Å². The Hall–Kier alpha value is -2.71. The molecule has 0 spiro atoms. The molecule has 8 atom stereocenters. The molecule has 9 nitrogen and oxygen atoms in total. The Labute approximate surface area is 268 Å². The minimum absolute atomic E-state index is 0.00768. The van der Waals surface area contributed by atoms with Crippen molar-refractivity contribution in [3.63, 3.8) is 0 Å². The summed E-state index contributed by atoms with van der Waals surface area (Å²) in [7, 11) is 1.56. The molecule has 9 heteroatoms. The molecule has 0 aromatic rings. The molecule has 4 saturated carbocycles. The van der Waals surface area contributed by atoms with E-state index in [4.69, 9.17) is 9.57 Å². The number of fused-ring (bicyclic) bond motifs is 7. The molecular formula is C36H53N3O6. The Morgan fingerprint density at radius 1 is 0.956 bits per heavy atom. The van der Waals surface area contributed by atoms with Gasteiger partial charge in [-0.2, -0.15) is 0 Å². The minimum Gasteiger partial charge on any atom is -0.469 e. The van der Waals surface area contributed by atoms with Crippen LogP contribution in [0.2, 0.25) is 0 Å². The van der Waals surface area contributed by atoms with E-state index in [0.29, 0.717) is 11.8 Å². The monoisotopic (exact) mass is 623 g/mol. The summed E-state index contributed by atoms with van der Waals surface area (Å²) >= 11 is 0. The maximum Gasteiger partial charge on any atom is 0.337 e. The van der Waals surface area contributed by atoms with E-state index < -0.39 is 29.4 Å². The number of carbonyl (C=O) groups is 4. The van der Waals surface area contributed by atoms with Gasteiger partial charge in [-0.25, -0.2) is 9.59 Å². The summed E-state index contributed by atoms with van der Waals surface area (Å²) in [6.07, 6.45) is 12.2. The van der Waals surface area contributed by atoms with Crippen LogP contribution in [-0.4, -0.2) is 42.7 Å². The first-order chi connectivity index (χ1) is 20.9. The van der Waals surface area contributed by atoms with Crippen molar-refractivity contribution in [1.82, 2.24) is 10.6 Å². The maximum atomic E-state index is 13.5. The smallest absolute Gasteiger partial charge is 0.337 e. The topological polar surface area (TPSA) is 123 Å². The third-order valence-electron chi connectivity index (χ3n) is 14.5. The molecule has 0 aromatic carbocycles. The first kappa shape index (κ1) is 32.2. The van der Waals surface area contributed by atoms with Crippen molar-refractivity contribution >= 4 is 29.6 Å². The van der Waals surface area contributed by atoms with Gasteiger partial charge in [-0.1, -0.05) is 65.3 Å². The molecule has 0 unspecified atom stereocenters. The summed E-state index contributed by atoms with van der Waals surface area (Å²) < 4.78 is 5.52. The summed E-state index contributed by atoms with van der Waals surface area (Å²) in [5.74, 6) is -0.0635. The molecule has 3 amide bonds. The molecular weight excluding hydrogens is 570 g/mol. The Bertz CT molecular complexity index is 1380. The molecule has 2 N–H and O–H groups in total. The third-order valence-corrected chi connectivity index (χ3v) is 14.5. The molecule has 1 saturated heterocycles. The first-order valence-electron chi connectivity index (χ1n) is 17.1. The number of carbonyl (C=O) groups excluding carboxylic acids is 4. The molecule has 0 aromatic heterocycles. The van der Waals surface area contributed by atoms with Gasteiger partial charge in [-0.15, -0.1) is 0 Å². The summed E-state index contributed by atoms with van der Waals surface area (Å²) in [6.45, 7) is 16.8. The maximum absolute atomic E-state index is 13.5. The Morgan fingerprint density at radius 3 is 2.33 bits per heavy atom. The van der Waals surface area contributed by atoms with Crippen molar-refractivity contribution in [2.45, 2.75) is 125 Å². The van der Waals surface area contributed by atoms with Gasteiger partial charge in [-0.05, 0) is 104 Å². The number of urea groups is 1. The van der Waals surface area contributed by atoms with Crippen LogP contribution >= 0.6 is 0 Å². The number of hydrogen-bond acceptors (Lipinski definition) is 7. The lowest BCUT2D eigenvalue weighted by Crippen LogP contribution is -2.64. The number of methoxy groups -OCH3 is 1. The summed E-state index contributed by atoms with van der Waals surface area (Å²) in [5, 5.41) is 8.98. The highest BCUT2D eigenvalue weighted by Gasteiger charge is 2.69. The number of hydrogen-bond donors (Lipinski definition) is 2. The van der Waals surface area contributed by atoms with E-state index in [1.165, 1.54) is 5.57 Å². The second-order valence-electron chi connectivity index (χ2n) is 17.3. The molecule has 45 heavy (non-hydrogen) atoms. The fourth-order valence-electron chi connectivity index (χ4n) is 11.7. The quantitative estimate of drug-likeness (QED) is 0.122. The number of nitrogens with zero attached hydrogens (tertiary/aromatic N) is 1. The lowest BCUT2D eigenvalue weighted by Gasteiger charge is -2.70. The lowest BCUT2D eigenvalue weighted by atomic mass is 9.33. The van der Waals surface area contributed by atoms with Gasteiger partial charge in [0.1, 0.15) is 6.04 Å². The summed E-state index contributed by atoms with van der Waals surface area (Å²) in [5.41, 5.74) is 2.17. The molecule has 1 aliphatic heterocycles. The highest BCUT2D eigenvalue weighted by molar-refractivity contribution is 6.05. The minimum atomic E-state index is -0.924. The van der Waals surface area contributed by atoms with Crippen molar-refractivity contribution in [3.8, 4) is 0 Å². The van der Waals surface area contributed by atoms with Gasteiger partial charge in [0.05, 0.1) is 24.7 Å². The van der Waals surface area contributed by atoms with Gasteiger partial charge in [-0.3, -0.25) is 14.9 Å². The van der Waals surface area contributed by atoms with Crippen LogP contribution in [0.1, 0.15) is 119 Å². The Kier molecular flexibility index (Phi) is 7.45. The zero-order chi connectivity index (χ0) is 32.8. The van der Waals surface area contributed by atoms with E-state index in [-0.39, 0.29) is 45.4 Å². The van der Waals surface area contributed by atoms with Gasteiger partial charge in [0.15, 0.2) is 0 Å². The van der Waals surface area contributed by atoms with Crippen molar-refractivity contribution < 1.29 is 28.8 Å². The van der Waals surface area contributed by atoms with E-state index in [0.717, 1.165) is 69.9 Å². The van der Waals surface area contributed by atoms with E-state index in [1.807, 2.05) is 0 Å². The van der Waals surface area contributed by atoms with Crippen LogP contribution in [-0.2, 0) is 24.0 Å². The van der Waals surface area contributed by atoms with Crippen LogP contribution in [0.5, 0.6) is 0 Å². The normalized spacial score (nSPS) is 43.8. The first-order valence-corrected chi connectivity index (χ1v) is 17.1. The average molecular weight is 624 g/mol. The van der Waals surface area contributed by atoms with Crippen LogP contribution in [0.15, 0.2) is 16.8 Å². The Morgan fingerprint density at radius 2 is 1.67 bits per heavy atom. The fraction of sp³-hybridized carbons (Fsp3) is 0.806. The summed E-state index contributed by atoms with van der Waals surface area (Å²) in [6, 6.07) is -1.52. The van der Waals surface area contributed by atoms with E-state index in [9.17, 15) is 19.2 Å². The molecule has 5 fully saturated rings. The molecule has 248 valence electrons. The zero-order valence-electron chi connectivity index (χ0n) is 28.6. The van der Waals surface area contributed by atoms with Gasteiger partial charge >= 0.3 is 18.0 Å². The van der Waals surface area contributed by atoms with Crippen LogP contribution in [0, 0.1) is 50.2 Å². The van der Waals surface area contributed by atoms with E-state index in [1.54, 1.807) is 7.11 Å². The van der Waals surface area contributed by atoms with Gasteiger partial charge in [0, 0.05) is 5.41 Å². The highest BCUT2D eigenvalue weighted by Crippen LogP contribution is 2.75.